The molecule has 1 aromatic heterocycles. The van der Waals surface area contributed by atoms with E-state index < -0.39 is 5.97 Å². The van der Waals surface area contributed by atoms with Crippen molar-refractivity contribution in [3.8, 4) is 0 Å². The molecule has 0 saturated carbocycles. The number of hydrogen-bond donors (Lipinski definition) is 5. The van der Waals surface area contributed by atoms with E-state index in [9.17, 15) is 15.0 Å². The van der Waals surface area contributed by atoms with Gasteiger partial charge in [-0.05, 0) is 52.3 Å². The minimum atomic E-state index is -1.09. The molecule has 11 heteroatoms. The predicted molar refractivity (Wildman–Crippen MR) is 127 cm³/mol. The number of carbonyl (C=O) groups is 1. The molecule has 0 spiro atoms. The summed E-state index contributed by atoms with van der Waals surface area (Å²) in [7, 11) is 0. The Morgan fingerprint density at radius 1 is 1.19 bits per heavy atom. The highest BCUT2D eigenvalue weighted by atomic mass is 35.5. The molecule has 2 heterocycles. The van der Waals surface area contributed by atoms with Crippen molar-refractivity contribution in [2.45, 2.75) is 59.2 Å². The summed E-state index contributed by atoms with van der Waals surface area (Å²) in [6, 6.07) is 4.66. The minimum Gasteiger partial charge on any atom is -0.478 e. The molecule has 0 bridgehead atoms. The fourth-order valence-corrected chi connectivity index (χ4v) is 3.56. The molecule has 1 aliphatic heterocycles. The zero-order valence-electron chi connectivity index (χ0n) is 18.8. The Labute approximate surface area is 192 Å². The molecule has 32 heavy (non-hydrogen) atoms. The van der Waals surface area contributed by atoms with Crippen LogP contribution in [-0.4, -0.2) is 50.9 Å². The molecule has 5 N–H and O–H groups in total. The van der Waals surface area contributed by atoms with Gasteiger partial charge >= 0.3 is 5.97 Å². The Kier molecular flexibility index (Phi) is 7.27. The smallest absolute Gasteiger partial charge is 0.337 e. The van der Waals surface area contributed by atoms with Gasteiger partial charge in [0.15, 0.2) is 11.6 Å². The van der Waals surface area contributed by atoms with Crippen LogP contribution in [0.3, 0.4) is 0 Å². The van der Waals surface area contributed by atoms with Gasteiger partial charge in [-0.25, -0.2) is 4.79 Å². The Balaban J connectivity index is 2.10. The highest BCUT2D eigenvalue weighted by Gasteiger charge is 2.35. The van der Waals surface area contributed by atoms with Crippen molar-refractivity contribution in [3.05, 3.63) is 28.8 Å². The fourth-order valence-electron chi connectivity index (χ4n) is 3.29. The number of halogens is 1. The monoisotopic (exact) mass is 463 g/mol. The number of aromatic carboxylic acids is 1. The number of carboxylic acids is 1. The molecule has 1 atom stereocenters. The first-order valence-electron chi connectivity index (χ1n) is 10.6. The normalized spacial score (nSPS) is 14.2. The summed E-state index contributed by atoms with van der Waals surface area (Å²) in [5.74, 6) is 0.496. The van der Waals surface area contributed by atoms with Crippen molar-refractivity contribution in [1.29, 1.82) is 0 Å². The van der Waals surface area contributed by atoms with Crippen LogP contribution in [0.1, 0.15) is 51.4 Å². The summed E-state index contributed by atoms with van der Waals surface area (Å²) < 4.78 is 0. The van der Waals surface area contributed by atoms with Crippen LogP contribution < -0.4 is 26.2 Å². The molecule has 0 amide bonds. The second-order valence-electron chi connectivity index (χ2n) is 8.15. The van der Waals surface area contributed by atoms with Gasteiger partial charge in [-0.2, -0.15) is 9.97 Å². The Morgan fingerprint density at radius 2 is 1.88 bits per heavy atom. The van der Waals surface area contributed by atoms with Gasteiger partial charge in [-0.3, -0.25) is 10.0 Å². The van der Waals surface area contributed by atoms with Crippen LogP contribution in [0.25, 0.3) is 0 Å². The lowest BCUT2D eigenvalue weighted by Crippen LogP contribution is -2.50. The molecule has 3 rings (SSSR count). The molecule has 0 saturated heterocycles. The van der Waals surface area contributed by atoms with Crippen molar-refractivity contribution < 1.29 is 15.0 Å². The van der Waals surface area contributed by atoms with E-state index in [0.717, 1.165) is 5.69 Å². The molecule has 174 valence electrons. The maximum atomic E-state index is 11.3. The number of anilines is 5. The van der Waals surface area contributed by atoms with E-state index in [-0.39, 0.29) is 35.3 Å². The van der Waals surface area contributed by atoms with Gasteiger partial charge in [-0.1, -0.05) is 18.5 Å². The largest absolute Gasteiger partial charge is 0.478 e. The lowest BCUT2D eigenvalue weighted by molar-refractivity contribution is 0.0697. The highest BCUT2D eigenvalue weighted by molar-refractivity contribution is 6.33. The summed E-state index contributed by atoms with van der Waals surface area (Å²) in [4.78, 5) is 20.7. The number of aliphatic hydroxyl groups excluding tert-OH is 1. The van der Waals surface area contributed by atoms with Crippen LogP contribution in [0.2, 0.25) is 5.02 Å². The third-order valence-corrected chi connectivity index (χ3v) is 5.40. The van der Waals surface area contributed by atoms with E-state index >= 15 is 0 Å². The van der Waals surface area contributed by atoms with Crippen LogP contribution in [-0.2, 0) is 0 Å². The topological polar surface area (TPSA) is 126 Å². The van der Waals surface area contributed by atoms with Crippen LogP contribution in [0, 0.1) is 0 Å². The second kappa shape index (κ2) is 9.76. The minimum absolute atomic E-state index is 0.0256. The number of carboxylic acid groups (broad SMARTS) is 1. The number of hydrazine groups is 2. The Morgan fingerprint density at radius 3 is 2.41 bits per heavy atom. The number of aliphatic hydroxyl groups is 1. The Hall–Kier alpha value is -2.82. The number of nitrogens with zero attached hydrogens (tertiary/aromatic N) is 4. The number of fused-ring (bicyclic) bond motifs is 1. The van der Waals surface area contributed by atoms with Crippen LogP contribution in [0.5, 0.6) is 0 Å². The van der Waals surface area contributed by atoms with Crippen LogP contribution in [0.4, 0.5) is 29.0 Å². The first-order valence-corrected chi connectivity index (χ1v) is 11.0. The second-order valence-corrected chi connectivity index (χ2v) is 8.56. The molecule has 2 aromatic rings. The summed E-state index contributed by atoms with van der Waals surface area (Å²) in [6.45, 7) is 10.1. The number of rotatable bonds is 9. The molecule has 10 nitrogen and oxygen atoms in total. The lowest BCUT2D eigenvalue weighted by Gasteiger charge is -2.27. The standard InChI is InChI=1S/C21H30ClN7O3/c1-6-13(10-30)24-21-25-18(23-14-7-8-15(20(31)32)16(22)9-14)17-19(26-21)29(12(4)5)27-28(17)11(2)3/h7-9,11-13,27,30H,6,10H2,1-5H3,(H,31,32)(H2,23,24,25,26). The van der Waals surface area contributed by atoms with Gasteiger partial charge < -0.3 is 20.8 Å². The molecule has 1 aliphatic rings. The Bertz CT molecular complexity index is 982. The number of nitrogens with one attached hydrogen (secondary N) is 3. The van der Waals surface area contributed by atoms with Crippen LogP contribution in [0.15, 0.2) is 18.2 Å². The van der Waals surface area contributed by atoms with E-state index in [2.05, 4.69) is 35.0 Å². The SMILES string of the molecule is CCC(CO)Nc1nc(Nc2ccc(C(=O)O)c(Cl)c2)c2c(n1)N(C(C)C)NN2C(C)C. The molecule has 0 fully saturated rings. The van der Waals surface area contributed by atoms with Crippen molar-refractivity contribution in [1.82, 2.24) is 15.5 Å². The maximum absolute atomic E-state index is 11.3. The average Bonchev–Trinajstić information content (AvgIpc) is 3.12. The summed E-state index contributed by atoms with van der Waals surface area (Å²) in [6.07, 6.45) is 0.705. The number of benzene rings is 1. The van der Waals surface area contributed by atoms with Crippen LogP contribution >= 0.6 is 11.6 Å². The van der Waals surface area contributed by atoms with Crippen molar-refractivity contribution >= 4 is 46.5 Å². The van der Waals surface area contributed by atoms with Gasteiger partial charge in [0.1, 0.15) is 5.69 Å². The molecular formula is C21H30ClN7O3. The van der Waals surface area contributed by atoms with E-state index in [1.807, 2.05) is 30.8 Å². The lowest BCUT2D eigenvalue weighted by atomic mass is 10.2. The molecule has 0 aliphatic carbocycles. The summed E-state index contributed by atoms with van der Waals surface area (Å²) >= 11 is 6.16. The van der Waals surface area contributed by atoms with Crippen molar-refractivity contribution in [2.75, 3.05) is 27.3 Å². The van der Waals surface area contributed by atoms with Gasteiger partial charge in [0, 0.05) is 17.8 Å². The van der Waals surface area contributed by atoms with Crippen molar-refractivity contribution in [3.63, 3.8) is 0 Å². The fraction of sp³-hybridized carbons (Fsp3) is 0.476. The van der Waals surface area contributed by atoms with Gasteiger partial charge in [0.05, 0.1) is 23.2 Å². The molecule has 1 aromatic carbocycles. The number of hydrogen-bond acceptors (Lipinski definition) is 9. The molecule has 0 radical (unpaired) electrons. The van der Waals surface area contributed by atoms with Gasteiger partial charge in [-0.15, -0.1) is 5.53 Å². The molecular weight excluding hydrogens is 434 g/mol. The third kappa shape index (κ3) is 4.82. The number of aromatic nitrogens is 2. The predicted octanol–water partition coefficient (Wildman–Crippen LogP) is 3.62. The van der Waals surface area contributed by atoms with Gasteiger partial charge in [0.2, 0.25) is 5.95 Å². The van der Waals surface area contributed by atoms with E-state index in [4.69, 9.17) is 16.6 Å². The van der Waals surface area contributed by atoms with E-state index in [0.29, 0.717) is 29.7 Å². The quantitative estimate of drug-likeness (QED) is 0.376. The zero-order valence-corrected chi connectivity index (χ0v) is 19.6. The summed E-state index contributed by atoms with van der Waals surface area (Å²) in [5.41, 5.74) is 4.74. The first kappa shape index (κ1) is 23.8. The van der Waals surface area contributed by atoms with Crippen molar-refractivity contribution in [2.24, 2.45) is 0 Å². The highest BCUT2D eigenvalue weighted by Crippen LogP contribution is 2.41. The van der Waals surface area contributed by atoms with E-state index in [1.54, 1.807) is 12.1 Å². The summed E-state index contributed by atoms with van der Waals surface area (Å²) in [5, 5.41) is 29.4. The van der Waals surface area contributed by atoms with E-state index in [1.165, 1.54) is 6.07 Å². The average molecular weight is 464 g/mol. The third-order valence-electron chi connectivity index (χ3n) is 5.09. The van der Waals surface area contributed by atoms with Gasteiger partial charge in [0.25, 0.3) is 0 Å². The molecule has 1 unspecified atom stereocenters. The maximum Gasteiger partial charge on any atom is 0.337 e. The zero-order chi connectivity index (χ0) is 23.6. The first-order chi connectivity index (χ1) is 15.2.